The molecule has 190 valence electrons. The predicted molar refractivity (Wildman–Crippen MR) is 145 cm³/mol. The van der Waals surface area contributed by atoms with Crippen molar-refractivity contribution in [2.24, 2.45) is 4.99 Å². The van der Waals surface area contributed by atoms with Crippen molar-refractivity contribution in [1.29, 1.82) is 0 Å². The molecule has 0 saturated heterocycles. The number of hydrogen-bond acceptors (Lipinski definition) is 7. The Bertz CT molecular complexity index is 1760. The molecule has 9 heteroatoms. The first-order valence-electron chi connectivity index (χ1n) is 12.0. The van der Waals surface area contributed by atoms with Gasteiger partial charge in [-0.2, -0.15) is 0 Å². The van der Waals surface area contributed by atoms with E-state index >= 15 is 0 Å². The maximum absolute atomic E-state index is 13.9. The number of halogens is 1. The first kappa shape index (κ1) is 24.2. The second kappa shape index (κ2) is 9.96. The van der Waals surface area contributed by atoms with Gasteiger partial charge in [0, 0.05) is 10.6 Å². The van der Waals surface area contributed by atoms with Gasteiger partial charge in [-0.05, 0) is 48.4 Å². The van der Waals surface area contributed by atoms with Crippen LogP contribution in [0, 0.1) is 0 Å². The minimum Gasteiger partial charge on any atom is -0.463 e. The largest absolute Gasteiger partial charge is 0.463 e. The lowest BCUT2D eigenvalue weighted by atomic mass is 9.93. The third-order valence-electron chi connectivity index (χ3n) is 6.25. The molecule has 4 aromatic rings. The molecule has 0 aliphatic carbocycles. The van der Waals surface area contributed by atoms with Gasteiger partial charge in [0.1, 0.15) is 0 Å². The van der Waals surface area contributed by atoms with Crippen LogP contribution in [0.25, 0.3) is 11.8 Å². The van der Waals surface area contributed by atoms with Gasteiger partial charge in [0.15, 0.2) is 16.3 Å². The van der Waals surface area contributed by atoms with Crippen LogP contribution in [0.1, 0.15) is 29.7 Å². The second-order valence-corrected chi connectivity index (χ2v) is 10.0. The molecular weight excluding hydrogens is 524 g/mol. The molecule has 0 radical (unpaired) electrons. The number of ether oxygens (including phenoxy) is 3. The molecule has 0 N–H and O–H groups in total. The first-order chi connectivity index (χ1) is 18.5. The maximum Gasteiger partial charge on any atom is 0.338 e. The zero-order valence-corrected chi connectivity index (χ0v) is 21.8. The summed E-state index contributed by atoms with van der Waals surface area (Å²) in [5.74, 6) is 0.617. The van der Waals surface area contributed by atoms with Crippen LogP contribution in [0.3, 0.4) is 0 Å². The topological polar surface area (TPSA) is 79.1 Å². The summed E-state index contributed by atoms with van der Waals surface area (Å²) < 4.78 is 18.6. The summed E-state index contributed by atoms with van der Waals surface area (Å²) in [6.07, 6.45) is 1.80. The Morgan fingerprint density at radius 1 is 1.11 bits per heavy atom. The fourth-order valence-corrected chi connectivity index (χ4v) is 5.68. The summed E-state index contributed by atoms with van der Waals surface area (Å²) >= 11 is 7.30. The fourth-order valence-electron chi connectivity index (χ4n) is 4.55. The Balaban J connectivity index is 1.64. The van der Waals surface area contributed by atoms with E-state index in [4.69, 9.17) is 30.8 Å². The molecule has 0 fully saturated rings. The van der Waals surface area contributed by atoms with Gasteiger partial charge in [-0.1, -0.05) is 71.5 Å². The third kappa shape index (κ3) is 4.31. The lowest BCUT2D eigenvalue weighted by Gasteiger charge is -2.26. The number of benzene rings is 3. The highest BCUT2D eigenvalue weighted by molar-refractivity contribution is 7.07. The van der Waals surface area contributed by atoms with E-state index in [-0.39, 0.29) is 24.5 Å². The van der Waals surface area contributed by atoms with Gasteiger partial charge in [-0.3, -0.25) is 9.36 Å². The SMILES string of the molecule is CCOC(=O)C1=C(c2ccccc2)N=c2s/c(=C\c3ccc(Cl)cc3)c(=O)n2C1c1ccc2c(c1)OCO2. The van der Waals surface area contributed by atoms with Crippen LogP contribution in [0.4, 0.5) is 0 Å². The quantitative estimate of drug-likeness (QED) is 0.350. The van der Waals surface area contributed by atoms with E-state index < -0.39 is 12.0 Å². The van der Waals surface area contributed by atoms with Crippen molar-refractivity contribution in [3.05, 3.63) is 120 Å². The molecule has 1 atom stereocenters. The van der Waals surface area contributed by atoms with Gasteiger partial charge in [0.05, 0.1) is 28.5 Å². The molecule has 2 aliphatic rings. The molecule has 0 bridgehead atoms. The monoisotopic (exact) mass is 544 g/mol. The van der Waals surface area contributed by atoms with Crippen molar-refractivity contribution in [2.45, 2.75) is 13.0 Å². The number of nitrogens with zero attached hydrogens (tertiary/aromatic N) is 2. The molecule has 2 aliphatic heterocycles. The van der Waals surface area contributed by atoms with Crippen molar-refractivity contribution in [3.8, 4) is 11.5 Å². The number of rotatable bonds is 5. The van der Waals surface area contributed by atoms with Gasteiger partial charge in [0.25, 0.3) is 5.56 Å². The van der Waals surface area contributed by atoms with Crippen LogP contribution in [0.15, 0.2) is 88.2 Å². The number of carbonyl (C=O) groups is 1. The van der Waals surface area contributed by atoms with E-state index in [1.54, 1.807) is 41.8 Å². The number of fused-ring (bicyclic) bond motifs is 2. The summed E-state index contributed by atoms with van der Waals surface area (Å²) in [4.78, 5) is 32.7. The molecule has 0 amide bonds. The van der Waals surface area contributed by atoms with E-state index in [1.165, 1.54) is 11.3 Å². The summed E-state index contributed by atoms with van der Waals surface area (Å²) in [5.41, 5.74) is 2.73. The summed E-state index contributed by atoms with van der Waals surface area (Å²) in [6, 6.07) is 21.3. The number of carbonyl (C=O) groups excluding carboxylic acids is 1. The Hall–Kier alpha value is -4.14. The lowest BCUT2D eigenvalue weighted by molar-refractivity contribution is -0.138. The Morgan fingerprint density at radius 2 is 1.87 bits per heavy atom. The summed E-state index contributed by atoms with van der Waals surface area (Å²) in [5, 5.41) is 0.609. The zero-order valence-electron chi connectivity index (χ0n) is 20.2. The second-order valence-electron chi connectivity index (χ2n) is 8.60. The zero-order chi connectivity index (χ0) is 26.2. The number of thiazole rings is 1. The van der Waals surface area contributed by atoms with Gasteiger partial charge in [0.2, 0.25) is 6.79 Å². The third-order valence-corrected chi connectivity index (χ3v) is 7.49. The highest BCUT2D eigenvalue weighted by atomic mass is 35.5. The van der Waals surface area contributed by atoms with Gasteiger partial charge in [-0.25, -0.2) is 9.79 Å². The highest BCUT2D eigenvalue weighted by Crippen LogP contribution is 2.40. The van der Waals surface area contributed by atoms with Gasteiger partial charge >= 0.3 is 5.97 Å². The van der Waals surface area contributed by atoms with Crippen LogP contribution < -0.4 is 24.4 Å². The highest BCUT2D eigenvalue weighted by Gasteiger charge is 2.36. The van der Waals surface area contributed by atoms with Crippen molar-refractivity contribution in [1.82, 2.24) is 4.57 Å². The summed E-state index contributed by atoms with van der Waals surface area (Å²) in [6.45, 7) is 2.04. The Labute approximate surface area is 226 Å². The standard InChI is InChI=1S/C29H21ClN2O5S/c1-2-35-28(34)24-25(18-6-4-3-5-7-18)31-29-32(26(24)19-10-13-21-22(15-19)37-16-36-21)27(33)23(38-29)14-17-8-11-20(30)12-9-17/h3-15,26H,2,16H2,1H3/b23-14-. The molecule has 0 spiro atoms. The lowest BCUT2D eigenvalue weighted by Crippen LogP contribution is -2.40. The fraction of sp³-hybridized carbons (Fsp3) is 0.138. The predicted octanol–water partition coefficient (Wildman–Crippen LogP) is 4.32. The first-order valence-corrected chi connectivity index (χ1v) is 13.2. The van der Waals surface area contributed by atoms with Crippen LogP contribution in [0.2, 0.25) is 5.02 Å². The van der Waals surface area contributed by atoms with E-state index in [9.17, 15) is 9.59 Å². The van der Waals surface area contributed by atoms with Crippen LogP contribution in [0.5, 0.6) is 11.5 Å². The van der Waals surface area contributed by atoms with Crippen LogP contribution in [-0.2, 0) is 9.53 Å². The number of esters is 1. The number of aromatic nitrogens is 1. The van der Waals surface area contributed by atoms with E-state index in [2.05, 4.69) is 0 Å². The average Bonchev–Trinajstić information content (AvgIpc) is 3.53. The molecule has 3 aromatic carbocycles. The maximum atomic E-state index is 13.9. The number of hydrogen-bond donors (Lipinski definition) is 0. The molecule has 1 aromatic heterocycles. The molecule has 7 nitrogen and oxygen atoms in total. The molecule has 38 heavy (non-hydrogen) atoms. The van der Waals surface area contributed by atoms with Crippen molar-refractivity contribution in [2.75, 3.05) is 13.4 Å². The summed E-state index contributed by atoms with van der Waals surface area (Å²) in [7, 11) is 0. The minimum absolute atomic E-state index is 0.110. The van der Waals surface area contributed by atoms with Gasteiger partial charge < -0.3 is 14.2 Å². The molecule has 6 rings (SSSR count). The Kier molecular flexibility index (Phi) is 6.35. The smallest absolute Gasteiger partial charge is 0.338 e. The molecule has 0 saturated carbocycles. The molecular formula is C29H21ClN2O5S. The normalized spacial score (nSPS) is 16.3. The van der Waals surface area contributed by atoms with E-state index in [0.717, 1.165) is 11.1 Å². The molecule has 1 unspecified atom stereocenters. The Morgan fingerprint density at radius 3 is 2.63 bits per heavy atom. The van der Waals surface area contributed by atoms with Crippen molar-refractivity contribution in [3.63, 3.8) is 0 Å². The molecule has 3 heterocycles. The van der Waals surface area contributed by atoms with E-state index in [1.807, 2.05) is 48.5 Å². The van der Waals surface area contributed by atoms with Crippen LogP contribution in [-0.4, -0.2) is 23.9 Å². The van der Waals surface area contributed by atoms with E-state index in [0.29, 0.717) is 37.1 Å². The van der Waals surface area contributed by atoms with Gasteiger partial charge in [-0.15, -0.1) is 0 Å². The van der Waals surface area contributed by atoms with Crippen molar-refractivity contribution < 1.29 is 19.0 Å². The van der Waals surface area contributed by atoms with Crippen LogP contribution >= 0.6 is 22.9 Å². The minimum atomic E-state index is -0.789. The average molecular weight is 545 g/mol. The van der Waals surface area contributed by atoms with Crippen molar-refractivity contribution >= 4 is 40.7 Å².